The topological polar surface area (TPSA) is 63.3 Å². The van der Waals surface area contributed by atoms with Gasteiger partial charge < -0.3 is 10.8 Å². The Labute approximate surface area is 82.6 Å². The molecule has 0 unspecified atom stereocenters. The third-order valence-electron chi connectivity index (χ3n) is 1.71. The average Bonchev–Trinajstić information content (AvgIpc) is 2.14. The van der Waals surface area contributed by atoms with E-state index in [1.165, 1.54) is 13.0 Å². The molecule has 0 fully saturated rings. The van der Waals surface area contributed by atoms with Crippen LogP contribution in [0, 0.1) is 11.8 Å². The highest BCUT2D eigenvalue weighted by molar-refractivity contribution is 5.96. The van der Waals surface area contributed by atoms with Gasteiger partial charge in [-0.2, -0.15) is 0 Å². The Morgan fingerprint density at radius 2 is 2.29 bits per heavy atom. The molecular formula is C11H11NO2. The number of nitrogens with two attached hydrogens (primary N) is 1. The zero-order chi connectivity index (χ0) is 10.6. The molecule has 0 saturated carbocycles. The van der Waals surface area contributed by atoms with Crippen LogP contribution >= 0.6 is 0 Å². The number of phenols is 1. The number of ketones is 1. The van der Waals surface area contributed by atoms with Crippen molar-refractivity contribution in [2.75, 3.05) is 6.54 Å². The highest BCUT2D eigenvalue weighted by atomic mass is 16.3. The van der Waals surface area contributed by atoms with Crippen molar-refractivity contribution in [3.63, 3.8) is 0 Å². The molecule has 0 radical (unpaired) electrons. The summed E-state index contributed by atoms with van der Waals surface area (Å²) in [6.45, 7) is 1.68. The minimum Gasteiger partial charge on any atom is -0.507 e. The van der Waals surface area contributed by atoms with Crippen molar-refractivity contribution in [3.8, 4) is 17.6 Å². The van der Waals surface area contributed by atoms with Crippen LogP contribution in [0.3, 0.4) is 0 Å². The molecule has 3 heteroatoms. The van der Waals surface area contributed by atoms with Crippen LogP contribution in [0.15, 0.2) is 18.2 Å². The van der Waals surface area contributed by atoms with Gasteiger partial charge in [0, 0.05) is 5.56 Å². The number of hydrogen-bond donors (Lipinski definition) is 2. The van der Waals surface area contributed by atoms with Crippen molar-refractivity contribution in [1.29, 1.82) is 0 Å². The van der Waals surface area contributed by atoms with Gasteiger partial charge >= 0.3 is 0 Å². The lowest BCUT2D eigenvalue weighted by atomic mass is 10.1. The van der Waals surface area contributed by atoms with Crippen LogP contribution in [-0.2, 0) is 0 Å². The third kappa shape index (κ3) is 2.35. The molecule has 0 aliphatic rings. The lowest BCUT2D eigenvalue weighted by molar-refractivity contribution is 0.101. The second-order valence-electron chi connectivity index (χ2n) is 2.79. The average molecular weight is 189 g/mol. The van der Waals surface area contributed by atoms with E-state index in [0.29, 0.717) is 11.1 Å². The van der Waals surface area contributed by atoms with Gasteiger partial charge in [0.2, 0.25) is 0 Å². The van der Waals surface area contributed by atoms with E-state index in [1.807, 2.05) is 0 Å². The molecule has 0 saturated heterocycles. The normalized spacial score (nSPS) is 9.00. The highest BCUT2D eigenvalue weighted by Gasteiger charge is 2.05. The summed E-state index contributed by atoms with van der Waals surface area (Å²) in [6, 6.07) is 4.69. The fraction of sp³-hybridized carbons (Fsp3) is 0.182. The summed E-state index contributed by atoms with van der Waals surface area (Å²) in [6.07, 6.45) is 0. The van der Waals surface area contributed by atoms with E-state index >= 15 is 0 Å². The molecule has 14 heavy (non-hydrogen) atoms. The first-order valence-electron chi connectivity index (χ1n) is 4.18. The van der Waals surface area contributed by atoms with E-state index in [-0.39, 0.29) is 18.1 Å². The number of carbonyl (C=O) groups is 1. The minimum absolute atomic E-state index is 0.0404. The molecule has 0 aromatic heterocycles. The molecule has 1 aromatic carbocycles. The molecule has 0 aliphatic carbocycles. The van der Waals surface area contributed by atoms with Gasteiger partial charge in [-0.3, -0.25) is 4.79 Å². The predicted molar refractivity (Wildman–Crippen MR) is 54.0 cm³/mol. The van der Waals surface area contributed by atoms with Crippen molar-refractivity contribution < 1.29 is 9.90 Å². The smallest absolute Gasteiger partial charge is 0.163 e. The SMILES string of the molecule is CC(=O)c1ccc(C#CCN)cc1O. The van der Waals surface area contributed by atoms with E-state index in [9.17, 15) is 9.90 Å². The number of benzene rings is 1. The number of rotatable bonds is 1. The first-order chi connectivity index (χ1) is 6.65. The molecule has 0 atom stereocenters. The van der Waals surface area contributed by atoms with Crippen molar-refractivity contribution in [1.82, 2.24) is 0 Å². The molecule has 0 bridgehead atoms. The fourth-order valence-electron chi connectivity index (χ4n) is 1.06. The monoisotopic (exact) mass is 189 g/mol. The molecule has 0 heterocycles. The Morgan fingerprint density at radius 3 is 2.79 bits per heavy atom. The molecule has 72 valence electrons. The summed E-state index contributed by atoms with van der Waals surface area (Å²) in [5.74, 6) is 5.22. The van der Waals surface area contributed by atoms with Crippen molar-refractivity contribution >= 4 is 5.78 Å². The first-order valence-corrected chi connectivity index (χ1v) is 4.18. The Hall–Kier alpha value is -1.79. The van der Waals surface area contributed by atoms with Gasteiger partial charge in [0.1, 0.15) is 5.75 Å². The third-order valence-corrected chi connectivity index (χ3v) is 1.71. The van der Waals surface area contributed by atoms with Crippen molar-refractivity contribution in [2.24, 2.45) is 5.73 Å². The molecule has 3 N–H and O–H groups in total. The first kappa shape index (κ1) is 10.3. The van der Waals surface area contributed by atoms with Crippen LogP contribution in [0.4, 0.5) is 0 Å². The molecular weight excluding hydrogens is 178 g/mol. The molecule has 0 aliphatic heterocycles. The predicted octanol–water partition coefficient (Wildman–Crippen LogP) is 0.905. The molecule has 0 spiro atoms. The maximum Gasteiger partial charge on any atom is 0.163 e. The Bertz CT molecular complexity index is 413. The van der Waals surface area contributed by atoms with Gasteiger partial charge in [-0.15, -0.1) is 0 Å². The summed E-state index contributed by atoms with van der Waals surface area (Å²) in [7, 11) is 0. The van der Waals surface area contributed by atoms with E-state index in [1.54, 1.807) is 12.1 Å². The number of phenolic OH excluding ortho intramolecular Hbond substituents is 1. The highest BCUT2D eigenvalue weighted by Crippen LogP contribution is 2.18. The quantitative estimate of drug-likeness (QED) is 0.509. The molecule has 3 nitrogen and oxygen atoms in total. The van der Waals surface area contributed by atoms with Crippen LogP contribution in [0.25, 0.3) is 0 Å². The molecule has 1 rings (SSSR count). The van der Waals surface area contributed by atoms with E-state index < -0.39 is 0 Å². The summed E-state index contributed by atoms with van der Waals surface area (Å²) in [4.78, 5) is 11.0. The second kappa shape index (κ2) is 4.45. The zero-order valence-corrected chi connectivity index (χ0v) is 7.87. The maximum atomic E-state index is 11.0. The van der Waals surface area contributed by atoms with E-state index in [0.717, 1.165) is 0 Å². The summed E-state index contributed by atoms with van der Waals surface area (Å²) < 4.78 is 0. The number of aromatic hydroxyl groups is 1. The summed E-state index contributed by atoms with van der Waals surface area (Å²) in [5.41, 5.74) is 6.16. The second-order valence-corrected chi connectivity index (χ2v) is 2.79. The van der Waals surface area contributed by atoms with Crippen LogP contribution in [0.5, 0.6) is 5.75 Å². The zero-order valence-electron chi connectivity index (χ0n) is 7.87. The van der Waals surface area contributed by atoms with Gasteiger partial charge in [-0.25, -0.2) is 0 Å². The van der Waals surface area contributed by atoms with Crippen LogP contribution < -0.4 is 5.73 Å². The Morgan fingerprint density at radius 1 is 1.57 bits per heavy atom. The summed E-state index contributed by atoms with van der Waals surface area (Å²) in [5, 5.41) is 9.44. The van der Waals surface area contributed by atoms with Gasteiger partial charge in [-0.1, -0.05) is 11.8 Å². The fourth-order valence-corrected chi connectivity index (χ4v) is 1.06. The number of carbonyl (C=O) groups excluding carboxylic acids is 1. The van der Waals surface area contributed by atoms with Gasteiger partial charge in [0.15, 0.2) is 5.78 Å². The maximum absolute atomic E-state index is 11.0. The summed E-state index contributed by atoms with van der Waals surface area (Å²) >= 11 is 0. The van der Waals surface area contributed by atoms with Gasteiger partial charge in [-0.05, 0) is 25.1 Å². The van der Waals surface area contributed by atoms with Crippen LogP contribution in [0.1, 0.15) is 22.8 Å². The Balaban J connectivity index is 3.06. The van der Waals surface area contributed by atoms with Crippen LogP contribution in [0.2, 0.25) is 0 Å². The van der Waals surface area contributed by atoms with Gasteiger partial charge in [0.25, 0.3) is 0 Å². The molecule has 1 aromatic rings. The minimum atomic E-state index is -0.166. The number of hydrogen-bond acceptors (Lipinski definition) is 3. The van der Waals surface area contributed by atoms with Crippen molar-refractivity contribution in [2.45, 2.75) is 6.92 Å². The van der Waals surface area contributed by atoms with E-state index in [4.69, 9.17) is 5.73 Å². The number of Topliss-reactive ketones (excluding diaryl/α,β-unsaturated/α-hetero) is 1. The van der Waals surface area contributed by atoms with Crippen molar-refractivity contribution in [3.05, 3.63) is 29.3 Å². The molecule has 0 amide bonds. The largest absolute Gasteiger partial charge is 0.507 e. The lowest BCUT2D eigenvalue weighted by Crippen LogP contribution is -1.94. The lowest BCUT2D eigenvalue weighted by Gasteiger charge is -1.99. The Kier molecular flexibility index (Phi) is 3.27. The van der Waals surface area contributed by atoms with Gasteiger partial charge in [0.05, 0.1) is 12.1 Å². The van der Waals surface area contributed by atoms with E-state index in [2.05, 4.69) is 11.8 Å². The van der Waals surface area contributed by atoms with Crippen LogP contribution in [-0.4, -0.2) is 17.4 Å². The standard InChI is InChI=1S/C11H11NO2/c1-8(13)10-5-4-9(3-2-6-12)7-11(10)14/h4-5,7,14H,6,12H2,1H3.